The minimum absolute atomic E-state index is 0.259. The second-order valence-corrected chi connectivity index (χ2v) is 4.66. The Bertz CT molecular complexity index is 442. The molecule has 104 valence electrons. The molecule has 0 aliphatic carbocycles. The van der Waals surface area contributed by atoms with Crippen molar-refractivity contribution < 1.29 is 14.6 Å². The van der Waals surface area contributed by atoms with Crippen LogP contribution in [0.1, 0.15) is 23.2 Å². The zero-order valence-corrected chi connectivity index (χ0v) is 11.2. The van der Waals surface area contributed by atoms with Crippen molar-refractivity contribution in [3.63, 3.8) is 0 Å². The number of anilines is 1. The molecule has 1 heterocycles. The van der Waals surface area contributed by atoms with Gasteiger partial charge in [-0.2, -0.15) is 0 Å². The molecule has 0 atom stereocenters. The molecule has 0 amide bonds. The fraction of sp³-hybridized carbons (Fsp3) is 0.500. The molecule has 1 aromatic rings. The summed E-state index contributed by atoms with van der Waals surface area (Å²) >= 11 is 0. The van der Waals surface area contributed by atoms with Gasteiger partial charge in [0.15, 0.2) is 0 Å². The van der Waals surface area contributed by atoms with Crippen molar-refractivity contribution in [3.8, 4) is 5.75 Å². The number of aromatic carboxylic acids is 1. The Morgan fingerprint density at radius 1 is 1.42 bits per heavy atom. The molecule has 2 N–H and O–H groups in total. The quantitative estimate of drug-likeness (QED) is 0.821. The van der Waals surface area contributed by atoms with Gasteiger partial charge in [0.25, 0.3) is 0 Å². The first-order valence-electron chi connectivity index (χ1n) is 6.61. The van der Waals surface area contributed by atoms with Gasteiger partial charge in [-0.25, -0.2) is 4.79 Å². The zero-order chi connectivity index (χ0) is 13.7. The minimum Gasteiger partial charge on any atom is -0.492 e. The van der Waals surface area contributed by atoms with Crippen LogP contribution in [0.3, 0.4) is 0 Å². The van der Waals surface area contributed by atoms with E-state index in [1.807, 2.05) is 0 Å². The van der Waals surface area contributed by atoms with Crippen LogP contribution in [0.2, 0.25) is 0 Å². The van der Waals surface area contributed by atoms with Crippen molar-refractivity contribution in [3.05, 3.63) is 23.8 Å². The van der Waals surface area contributed by atoms with Crippen LogP contribution in [-0.4, -0.2) is 49.3 Å². The average molecular weight is 264 g/mol. The molecule has 2 rings (SSSR count). The number of rotatable bonds is 6. The monoisotopic (exact) mass is 264 g/mol. The molecule has 0 bridgehead atoms. The molecule has 0 radical (unpaired) electrons. The normalized spacial score (nSPS) is 15.4. The third-order valence-corrected chi connectivity index (χ3v) is 3.37. The molecule has 0 spiro atoms. The number of likely N-dealkylation sites (tertiary alicyclic amines) is 1. The molecule has 1 saturated heterocycles. The largest absolute Gasteiger partial charge is 0.492 e. The van der Waals surface area contributed by atoms with E-state index in [0.29, 0.717) is 18.0 Å². The van der Waals surface area contributed by atoms with Crippen molar-refractivity contribution in [2.75, 3.05) is 38.6 Å². The van der Waals surface area contributed by atoms with E-state index in [0.717, 1.165) is 19.6 Å². The van der Waals surface area contributed by atoms with E-state index in [4.69, 9.17) is 9.84 Å². The summed E-state index contributed by atoms with van der Waals surface area (Å²) in [6.07, 6.45) is 2.55. The lowest BCUT2D eigenvalue weighted by molar-refractivity contribution is 0.0698. The van der Waals surface area contributed by atoms with Crippen LogP contribution < -0.4 is 10.1 Å². The van der Waals surface area contributed by atoms with Crippen molar-refractivity contribution in [1.82, 2.24) is 4.90 Å². The highest BCUT2D eigenvalue weighted by Crippen LogP contribution is 2.22. The van der Waals surface area contributed by atoms with Gasteiger partial charge in [-0.1, -0.05) is 0 Å². The van der Waals surface area contributed by atoms with Crippen molar-refractivity contribution in [1.29, 1.82) is 0 Å². The van der Waals surface area contributed by atoms with Gasteiger partial charge in [0, 0.05) is 19.7 Å². The Kier molecular flexibility index (Phi) is 4.63. The van der Waals surface area contributed by atoms with Gasteiger partial charge < -0.3 is 15.2 Å². The number of ether oxygens (including phenoxy) is 1. The fourth-order valence-corrected chi connectivity index (χ4v) is 2.31. The predicted octanol–water partition coefficient (Wildman–Crippen LogP) is 1.90. The Hall–Kier alpha value is -1.75. The highest BCUT2D eigenvalue weighted by Gasteiger charge is 2.12. The Labute approximate surface area is 113 Å². The molecule has 1 aliphatic heterocycles. The Morgan fingerprint density at radius 2 is 2.16 bits per heavy atom. The van der Waals surface area contributed by atoms with Gasteiger partial charge in [0.2, 0.25) is 0 Å². The summed E-state index contributed by atoms with van der Waals surface area (Å²) in [5.74, 6) is -0.235. The van der Waals surface area contributed by atoms with Gasteiger partial charge in [-0.3, -0.25) is 4.90 Å². The van der Waals surface area contributed by atoms with Crippen LogP contribution in [0.4, 0.5) is 5.69 Å². The molecule has 0 unspecified atom stereocenters. The van der Waals surface area contributed by atoms with Crippen LogP contribution in [0.25, 0.3) is 0 Å². The van der Waals surface area contributed by atoms with Crippen molar-refractivity contribution >= 4 is 11.7 Å². The Balaban J connectivity index is 1.91. The van der Waals surface area contributed by atoms with E-state index >= 15 is 0 Å². The number of hydrogen-bond acceptors (Lipinski definition) is 4. The summed E-state index contributed by atoms with van der Waals surface area (Å²) in [6, 6.07) is 5.00. The van der Waals surface area contributed by atoms with E-state index in [1.54, 1.807) is 25.2 Å². The van der Waals surface area contributed by atoms with Gasteiger partial charge in [0.05, 0.1) is 11.3 Å². The number of carboxylic acids is 1. The maximum Gasteiger partial charge on any atom is 0.337 e. The lowest BCUT2D eigenvalue weighted by Crippen LogP contribution is -2.25. The highest BCUT2D eigenvalue weighted by atomic mass is 16.5. The second-order valence-electron chi connectivity index (χ2n) is 4.66. The van der Waals surface area contributed by atoms with Crippen LogP contribution in [0.15, 0.2) is 18.2 Å². The summed E-state index contributed by atoms with van der Waals surface area (Å²) in [5.41, 5.74) is 0.834. The van der Waals surface area contributed by atoms with Crippen molar-refractivity contribution in [2.24, 2.45) is 0 Å². The number of hydrogen-bond donors (Lipinski definition) is 2. The SMILES string of the molecule is CNc1cc(OCCN2CCCC2)ccc1C(=O)O. The van der Waals surface area contributed by atoms with Crippen molar-refractivity contribution in [2.45, 2.75) is 12.8 Å². The topological polar surface area (TPSA) is 61.8 Å². The van der Waals surface area contributed by atoms with Gasteiger partial charge in [-0.15, -0.1) is 0 Å². The van der Waals surface area contributed by atoms with Gasteiger partial charge in [0.1, 0.15) is 12.4 Å². The van der Waals surface area contributed by atoms with E-state index in [9.17, 15) is 4.79 Å². The number of carboxylic acid groups (broad SMARTS) is 1. The predicted molar refractivity (Wildman–Crippen MR) is 74.1 cm³/mol. The summed E-state index contributed by atoms with van der Waals surface area (Å²) in [4.78, 5) is 13.4. The smallest absolute Gasteiger partial charge is 0.337 e. The summed E-state index contributed by atoms with van der Waals surface area (Å²) < 4.78 is 5.67. The number of benzene rings is 1. The highest BCUT2D eigenvalue weighted by molar-refractivity contribution is 5.94. The first-order valence-corrected chi connectivity index (χ1v) is 6.61. The molecule has 1 aromatic carbocycles. The fourth-order valence-electron chi connectivity index (χ4n) is 2.31. The van der Waals surface area contributed by atoms with E-state index in [1.165, 1.54) is 12.8 Å². The third-order valence-electron chi connectivity index (χ3n) is 3.37. The van der Waals surface area contributed by atoms with E-state index < -0.39 is 5.97 Å². The van der Waals surface area contributed by atoms with E-state index in [-0.39, 0.29) is 5.56 Å². The maximum absolute atomic E-state index is 11.0. The number of nitrogens with one attached hydrogen (secondary N) is 1. The van der Waals surface area contributed by atoms with Crippen LogP contribution >= 0.6 is 0 Å². The molecule has 1 aliphatic rings. The Morgan fingerprint density at radius 3 is 2.79 bits per heavy atom. The van der Waals surface area contributed by atoms with E-state index in [2.05, 4.69) is 10.2 Å². The number of carbonyl (C=O) groups is 1. The first-order chi connectivity index (χ1) is 9.20. The molecular formula is C14H20N2O3. The second kappa shape index (κ2) is 6.43. The van der Waals surface area contributed by atoms with Crippen LogP contribution in [0.5, 0.6) is 5.75 Å². The summed E-state index contributed by atoms with van der Waals surface area (Å²) in [5, 5.41) is 11.9. The molecular weight excluding hydrogens is 244 g/mol. The molecule has 5 heteroatoms. The molecule has 1 fully saturated rings. The molecule has 0 aromatic heterocycles. The zero-order valence-electron chi connectivity index (χ0n) is 11.2. The molecule has 19 heavy (non-hydrogen) atoms. The molecule has 5 nitrogen and oxygen atoms in total. The lowest BCUT2D eigenvalue weighted by Gasteiger charge is -2.15. The standard InChI is InChI=1S/C14H20N2O3/c1-15-13-10-11(4-5-12(13)14(17)18)19-9-8-16-6-2-3-7-16/h4-5,10,15H,2-3,6-9H2,1H3,(H,17,18). The van der Waals surface area contributed by atoms with Crippen LogP contribution in [0, 0.1) is 0 Å². The number of nitrogens with zero attached hydrogens (tertiary/aromatic N) is 1. The maximum atomic E-state index is 11.0. The van der Waals surface area contributed by atoms with Gasteiger partial charge in [-0.05, 0) is 38.1 Å². The lowest BCUT2D eigenvalue weighted by atomic mass is 10.1. The third kappa shape index (κ3) is 3.61. The van der Waals surface area contributed by atoms with Crippen LogP contribution in [-0.2, 0) is 0 Å². The summed E-state index contributed by atoms with van der Waals surface area (Å²) in [7, 11) is 1.70. The van der Waals surface area contributed by atoms with Gasteiger partial charge >= 0.3 is 5.97 Å². The minimum atomic E-state index is -0.937. The first kappa shape index (κ1) is 13.7. The summed E-state index contributed by atoms with van der Waals surface area (Å²) in [6.45, 7) is 3.87. The average Bonchev–Trinajstić information content (AvgIpc) is 2.91. The molecule has 0 saturated carbocycles.